The van der Waals surface area contributed by atoms with Crippen molar-refractivity contribution in [1.29, 1.82) is 0 Å². The molecule has 1 aliphatic heterocycles. The Kier molecular flexibility index (Phi) is 8.12. The second kappa shape index (κ2) is 12.1. The van der Waals surface area contributed by atoms with Gasteiger partial charge in [-0.05, 0) is 63.0 Å². The van der Waals surface area contributed by atoms with Crippen molar-refractivity contribution in [1.82, 2.24) is 29.2 Å². The third-order valence-electron chi connectivity index (χ3n) is 8.91. The topological polar surface area (TPSA) is 57.5 Å². The summed E-state index contributed by atoms with van der Waals surface area (Å²) in [6.07, 6.45) is 10.9. The second-order valence-electron chi connectivity index (χ2n) is 11.6. The van der Waals surface area contributed by atoms with Crippen LogP contribution in [0.4, 0.5) is 0 Å². The smallest absolute Gasteiger partial charge is 0.242 e. The Labute approximate surface area is 237 Å². The summed E-state index contributed by atoms with van der Waals surface area (Å²) in [6, 6.07) is 15.2. The number of fused-ring (bicyclic) bond motifs is 4. The first-order chi connectivity index (χ1) is 19.6. The van der Waals surface area contributed by atoms with Crippen LogP contribution >= 0.6 is 0 Å². The van der Waals surface area contributed by atoms with Gasteiger partial charge in [-0.25, -0.2) is 0 Å². The molecule has 1 fully saturated rings. The molecule has 0 radical (unpaired) electrons. The first kappa shape index (κ1) is 26.9. The van der Waals surface area contributed by atoms with Crippen LogP contribution in [-0.2, 0) is 24.3 Å². The number of carbonyl (C=O) groups excluding carboxylic acids is 1. The molecule has 1 amide bonds. The van der Waals surface area contributed by atoms with E-state index in [1.165, 1.54) is 41.3 Å². The summed E-state index contributed by atoms with van der Waals surface area (Å²) in [4.78, 5) is 30.4. The fourth-order valence-corrected chi connectivity index (χ4v) is 6.69. The number of aryl methyl sites for hydroxylation is 1. The lowest BCUT2D eigenvalue weighted by molar-refractivity contribution is -0.133. The number of amides is 1. The first-order valence-corrected chi connectivity index (χ1v) is 15.1. The van der Waals surface area contributed by atoms with E-state index in [0.29, 0.717) is 12.6 Å². The number of aromatic nitrogens is 3. The zero-order chi connectivity index (χ0) is 27.5. The molecule has 1 aromatic carbocycles. The number of carbonyl (C=O) groups is 1. The van der Waals surface area contributed by atoms with Gasteiger partial charge in [0.05, 0.1) is 22.9 Å². The molecule has 6 rings (SSSR count). The zero-order valence-corrected chi connectivity index (χ0v) is 24.1. The van der Waals surface area contributed by atoms with Crippen LogP contribution in [0.3, 0.4) is 0 Å². The molecule has 40 heavy (non-hydrogen) atoms. The number of nitrogens with zero attached hydrogens (tertiary/aromatic N) is 6. The molecule has 0 spiro atoms. The summed E-state index contributed by atoms with van der Waals surface area (Å²) in [6.45, 7) is 7.81. The van der Waals surface area contributed by atoms with E-state index in [1.54, 1.807) is 0 Å². The monoisotopic (exact) mass is 538 g/mol. The molecule has 7 nitrogen and oxygen atoms in total. The van der Waals surface area contributed by atoms with Crippen molar-refractivity contribution in [2.75, 3.05) is 39.8 Å². The first-order valence-electron chi connectivity index (χ1n) is 15.1. The van der Waals surface area contributed by atoms with E-state index in [-0.39, 0.29) is 5.91 Å². The molecule has 0 saturated carbocycles. The van der Waals surface area contributed by atoms with Gasteiger partial charge in [-0.3, -0.25) is 19.7 Å². The third-order valence-corrected chi connectivity index (χ3v) is 8.91. The number of benzene rings is 1. The Morgan fingerprint density at radius 1 is 0.975 bits per heavy atom. The van der Waals surface area contributed by atoms with Crippen molar-refractivity contribution in [2.45, 2.75) is 64.6 Å². The molecule has 4 aromatic rings. The SMILES string of the molecule is CCCCCN(Cc1nccc2c3ccccc3n(CC(=O)N3CCN(C)CC3)c12)C1CCCc2cccnc21. The van der Waals surface area contributed by atoms with Crippen molar-refractivity contribution < 1.29 is 4.79 Å². The number of rotatable bonds is 9. The van der Waals surface area contributed by atoms with Gasteiger partial charge in [0.2, 0.25) is 5.91 Å². The number of likely N-dealkylation sites (N-methyl/N-ethyl adjacent to an activating group) is 1. The average molecular weight is 539 g/mol. The van der Waals surface area contributed by atoms with E-state index in [4.69, 9.17) is 9.97 Å². The van der Waals surface area contributed by atoms with Gasteiger partial charge in [0.1, 0.15) is 6.54 Å². The molecular formula is C33H42N6O. The van der Waals surface area contributed by atoms with E-state index in [2.05, 4.69) is 70.8 Å². The van der Waals surface area contributed by atoms with Crippen molar-refractivity contribution in [3.8, 4) is 0 Å². The number of para-hydroxylation sites is 1. The molecule has 1 unspecified atom stereocenters. The van der Waals surface area contributed by atoms with Crippen LogP contribution in [0.5, 0.6) is 0 Å². The molecule has 1 atom stereocenters. The minimum absolute atomic E-state index is 0.191. The molecule has 3 aromatic heterocycles. The Hall–Kier alpha value is -3.29. The van der Waals surface area contributed by atoms with Crippen LogP contribution < -0.4 is 0 Å². The molecule has 1 aliphatic carbocycles. The molecular weight excluding hydrogens is 496 g/mol. The Morgan fingerprint density at radius 2 is 1.82 bits per heavy atom. The van der Waals surface area contributed by atoms with Gasteiger partial charge in [-0.2, -0.15) is 0 Å². The van der Waals surface area contributed by atoms with Crippen LogP contribution in [0.2, 0.25) is 0 Å². The fourth-order valence-electron chi connectivity index (χ4n) is 6.69. The highest BCUT2D eigenvalue weighted by Crippen LogP contribution is 2.36. The second-order valence-corrected chi connectivity index (χ2v) is 11.6. The minimum atomic E-state index is 0.191. The summed E-state index contributed by atoms with van der Waals surface area (Å²) < 4.78 is 2.24. The van der Waals surface area contributed by atoms with Gasteiger partial charge < -0.3 is 14.4 Å². The summed E-state index contributed by atoms with van der Waals surface area (Å²) in [5.41, 5.74) is 5.89. The maximum atomic E-state index is 13.6. The maximum Gasteiger partial charge on any atom is 0.242 e. The number of unbranched alkanes of at least 4 members (excludes halogenated alkanes) is 2. The number of pyridine rings is 2. The molecule has 4 heterocycles. The predicted molar refractivity (Wildman–Crippen MR) is 161 cm³/mol. The average Bonchev–Trinajstić information content (AvgIpc) is 3.31. The Balaban J connectivity index is 1.39. The van der Waals surface area contributed by atoms with E-state index in [9.17, 15) is 4.79 Å². The summed E-state index contributed by atoms with van der Waals surface area (Å²) in [7, 11) is 2.12. The summed E-state index contributed by atoms with van der Waals surface area (Å²) in [5.74, 6) is 0.191. The number of hydrogen-bond acceptors (Lipinski definition) is 5. The lowest BCUT2D eigenvalue weighted by Crippen LogP contribution is -2.48. The molecule has 1 saturated heterocycles. The third kappa shape index (κ3) is 5.37. The summed E-state index contributed by atoms with van der Waals surface area (Å²) >= 11 is 0. The lowest BCUT2D eigenvalue weighted by atomic mass is 9.90. The van der Waals surface area contributed by atoms with Crippen LogP contribution in [-0.4, -0.2) is 74.9 Å². The molecule has 2 aliphatic rings. The lowest BCUT2D eigenvalue weighted by Gasteiger charge is -2.35. The Bertz CT molecular complexity index is 1470. The minimum Gasteiger partial charge on any atom is -0.339 e. The maximum absolute atomic E-state index is 13.6. The highest BCUT2D eigenvalue weighted by atomic mass is 16.2. The molecule has 210 valence electrons. The van der Waals surface area contributed by atoms with E-state index < -0.39 is 0 Å². The molecule has 0 N–H and O–H groups in total. The van der Waals surface area contributed by atoms with Gasteiger partial charge in [0.25, 0.3) is 0 Å². The van der Waals surface area contributed by atoms with Gasteiger partial charge >= 0.3 is 0 Å². The fraction of sp³-hybridized carbons (Fsp3) is 0.485. The highest BCUT2D eigenvalue weighted by Gasteiger charge is 2.29. The quantitative estimate of drug-likeness (QED) is 0.266. The van der Waals surface area contributed by atoms with Gasteiger partial charge in [0.15, 0.2) is 0 Å². The van der Waals surface area contributed by atoms with Crippen LogP contribution in [0.15, 0.2) is 54.9 Å². The Morgan fingerprint density at radius 3 is 2.67 bits per heavy atom. The van der Waals surface area contributed by atoms with Crippen LogP contribution in [0, 0.1) is 0 Å². The van der Waals surface area contributed by atoms with Crippen molar-refractivity contribution in [2.24, 2.45) is 0 Å². The van der Waals surface area contributed by atoms with E-state index in [0.717, 1.165) is 75.3 Å². The highest BCUT2D eigenvalue weighted by molar-refractivity contribution is 6.09. The van der Waals surface area contributed by atoms with Gasteiger partial charge in [-0.1, -0.05) is 44.0 Å². The van der Waals surface area contributed by atoms with Crippen molar-refractivity contribution in [3.05, 3.63) is 71.8 Å². The predicted octanol–water partition coefficient (Wildman–Crippen LogP) is 5.43. The summed E-state index contributed by atoms with van der Waals surface area (Å²) in [5, 5.41) is 2.37. The van der Waals surface area contributed by atoms with E-state index in [1.807, 2.05) is 17.3 Å². The van der Waals surface area contributed by atoms with E-state index >= 15 is 0 Å². The largest absolute Gasteiger partial charge is 0.339 e. The van der Waals surface area contributed by atoms with Crippen molar-refractivity contribution >= 4 is 27.7 Å². The van der Waals surface area contributed by atoms with Crippen molar-refractivity contribution in [3.63, 3.8) is 0 Å². The number of piperazine rings is 1. The zero-order valence-electron chi connectivity index (χ0n) is 24.1. The normalized spacial score (nSPS) is 18.1. The van der Waals surface area contributed by atoms with Crippen LogP contribution in [0.1, 0.15) is 62.0 Å². The van der Waals surface area contributed by atoms with Gasteiger partial charge in [-0.15, -0.1) is 0 Å². The standard InChI is InChI=1S/C33H42N6O/c1-3-4-7-18-38(30-14-8-10-25-11-9-16-35-32(25)30)23-28-33-27(15-17-34-28)26-12-5-6-13-29(26)39(33)24-31(40)37-21-19-36(2)20-22-37/h5-6,9,11-13,15-17,30H,3-4,7-8,10,14,18-24H2,1-2H3. The number of hydrogen-bond donors (Lipinski definition) is 0. The molecule has 0 bridgehead atoms. The van der Waals surface area contributed by atoms with Gasteiger partial charge in [0, 0.05) is 61.4 Å². The molecule has 7 heteroatoms. The van der Waals surface area contributed by atoms with Crippen LogP contribution in [0.25, 0.3) is 21.8 Å².